The van der Waals surface area contributed by atoms with Crippen LogP contribution in [0.3, 0.4) is 0 Å². The summed E-state index contributed by atoms with van der Waals surface area (Å²) in [5.74, 6) is 0. The van der Waals surface area contributed by atoms with E-state index in [1.807, 2.05) is 0 Å². The second-order valence-electron chi connectivity index (χ2n) is 4.00. The zero-order chi connectivity index (χ0) is 8.48. The Hall–Kier alpha value is 0.270. The molecule has 1 N–H and O–H groups in total. The molecule has 0 aromatic rings. The molecule has 0 spiro atoms. The zero-order valence-corrected chi connectivity index (χ0v) is 8.70. The van der Waals surface area contributed by atoms with Gasteiger partial charge in [-0.3, -0.25) is 0 Å². The highest BCUT2D eigenvalue weighted by Crippen LogP contribution is 2.41. The van der Waals surface area contributed by atoms with Crippen molar-refractivity contribution in [2.24, 2.45) is 0 Å². The normalized spacial score (nSPS) is 35.3. The van der Waals surface area contributed by atoms with Crippen LogP contribution in [0.15, 0.2) is 0 Å². The molecule has 0 amide bonds. The summed E-state index contributed by atoms with van der Waals surface area (Å²) in [7, 11) is -0.534. The Morgan fingerprint density at radius 2 is 2.00 bits per heavy atom. The molecule has 0 aliphatic carbocycles. The van der Waals surface area contributed by atoms with Gasteiger partial charge in [0.15, 0.2) is 0 Å². The van der Waals surface area contributed by atoms with Crippen molar-refractivity contribution in [2.75, 3.05) is 31.9 Å². The summed E-state index contributed by atoms with van der Waals surface area (Å²) in [5, 5.41) is 3.43. The van der Waals surface area contributed by atoms with Crippen LogP contribution in [-0.2, 0) is 4.74 Å². The molecular formula is C8H19NOS. The first kappa shape index (κ1) is 9.36. The topological polar surface area (TPSA) is 21.3 Å². The Morgan fingerprint density at radius 3 is 2.36 bits per heavy atom. The second-order valence-corrected chi connectivity index (χ2v) is 8.39. The van der Waals surface area contributed by atoms with Crippen LogP contribution in [0.1, 0.15) is 6.92 Å². The lowest BCUT2D eigenvalue weighted by molar-refractivity contribution is 0.0583. The Labute approximate surface area is 71.0 Å². The predicted octanol–water partition coefficient (Wildman–Crippen LogP) is 1.01. The van der Waals surface area contributed by atoms with Crippen LogP contribution in [0.2, 0.25) is 0 Å². The monoisotopic (exact) mass is 177 g/mol. The van der Waals surface area contributed by atoms with Gasteiger partial charge < -0.3 is 10.1 Å². The van der Waals surface area contributed by atoms with Crippen molar-refractivity contribution >= 4 is 10.0 Å². The van der Waals surface area contributed by atoms with E-state index in [0.29, 0.717) is 11.5 Å². The fourth-order valence-corrected chi connectivity index (χ4v) is 2.20. The molecule has 68 valence electrons. The lowest BCUT2D eigenvalue weighted by Gasteiger charge is -2.40. The first-order valence-electron chi connectivity index (χ1n) is 4.02. The van der Waals surface area contributed by atoms with Crippen molar-refractivity contribution in [3.63, 3.8) is 0 Å². The molecule has 3 heteroatoms. The average Bonchev–Trinajstić information content (AvgIpc) is 1.86. The van der Waals surface area contributed by atoms with Crippen LogP contribution in [0.4, 0.5) is 0 Å². The zero-order valence-electron chi connectivity index (χ0n) is 7.89. The summed E-state index contributed by atoms with van der Waals surface area (Å²) in [6, 6.07) is 0.535. The van der Waals surface area contributed by atoms with Gasteiger partial charge in [-0.25, -0.2) is 10.0 Å². The van der Waals surface area contributed by atoms with Gasteiger partial charge in [0, 0.05) is 12.6 Å². The summed E-state index contributed by atoms with van der Waals surface area (Å²) >= 11 is 0. The Morgan fingerprint density at radius 1 is 1.36 bits per heavy atom. The van der Waals surface area contributed by atoms with Crippen LogP contribution in [0, 0.1) is 0 Å². The maximum Gasteiger partial charge on any atom is 0.0997 e. The molecule has 1 rings (SSSR count). The van der Waals surface area contributed by atoms with E-state index in [9.17, 15) is 0 Å². The third-order valence-electron chi connectivity index (χ3n) is 1.95. The minimum atomic E-state index is -0.534. The average molecular weight is 177 g/mol. The first-order valence-corrected chi connectivity index (χ1v) is 6.94. The van der Waals surface area contributed by atoms with Crippen molar-refractivity contribution in [1.29, 1.82) is 0 Å². The summed E-state index contributed by atoms with van der Waals surface area (Å²) in [5.41, 5.74) is 0.457. The Bertz CT molecular complexity index is 125. The Balaban J connectivity index is 2.39. The van der Waals surface area contributed by atoms with Crippen LogP contribution in [0.5, 0.6) is 0 Å². The van der Waals surface area contributed by atoms with Crippen molar-refractivity contribution in [2.45, 2.75) is 18.4 Å². The van der Waals surface area contributed by atoms with Gasteiger partial charge in [0.2, 0.25) is 0 Å². The summed E-state index contributed by atoms with van der Waals surface area (Å²) < 4.78 is 5.73. The number of rotatable bonds is 1. The quantitative estimate of drug-likeness (QED) is 0.645. The maximum atomic E-state index is 5.73. The molecule has 2 atom stereocenters. The number of nitrogens with one attached hydrogen (secondary N) is 1. The van der Waals surface area contributed by atoms with Gasteiger partial charge in [-0.2, -0.15) is 0 Å². The number of ether oxygens (including phenoxy) is 1. The molecule has 1 heterocycles. The van der Waals surface area contributed by atoms with Crippen molar-refractivity contribution < 1.29 is 4.74 Å². The SMILES string of the molecule is CC1COC(S(C)(C)C)CN1. The highest BCUT2D eigenvalue weighted by atomic mass is 32.3. The largest absolute Gasteiger partial charge is 0.366 e. The number of hydrogen-bond acceptors (Lipinski definition) is 2. The smallest absolute Gasteiger partial charge is 0.0997 e. The minimum Gasteiger partial charge on any atom is -0.366 e. The van der Waals surface area contributed by atoms with Gasteiger partial charge in [0.05, 0.1) is 12.0 Å². The molecule has 0 radical (unpaired) electrons. The van der Waals surface area contributed by atoms with Crippen LogP contribution < -0.4 is 5.32 Å². The van der Waals surface area contributed by atoms with E-state index in [4.69, 9.17) is 4.74 Å². The third-order valence-corrected chi connectivity index (χ3v) is 3.83. The molecule has 0 bridgehead atoms. The molecule has 11 heavy (non-hydrogen) atoms. The summed E-state index contributed by atoms with van der Waals surface area (Å²) in [6.45, 7) is 4.06. The minimum absolute atomic E-state index is 0.457. The van der Waals surface area contributed by atoms with Crippen LogP contribution >= 0.6 is 10.0 Å². The van der Waals surface area contributed by atoms with Crippen LogP contribution in [0.25, 0.3) is 0 Å². The van der Waals surface area contributed by atoms with E-state index in [-0.39, 0.29) is 0 Å². The molecule has 1 aliphatic rings. The lowest BCUT2D eigenvalue weighted by atomic mass is 10.3. The molecule has 0 aromatic heterocycles. The summed E-state index contributed by atoms with van der Waals surface area (Å²) in [6.07, 6.45) is 6.90. The van der Waals surface area contributed by atoms with Gasteiger partial charge in [-0.1, -0.05) is 0 Å². The van der Waals surface area contributed by atoms with Gasteiger partial charge in [0.1, 0.15) is 0 Å². The molecule has 2 unspecified atom stereocenters. The molecule has 1 saturated heterocycles. The van der Waals surface area contributed by atoms with Crippen molar-refractivity contribution in [3.8, 4) is 0 Å². The molecule has 0 saturated carbocycles. The third kappa shape index (κ3) is 2.65. The van der Waals surface area contributed by atoms with Gasteiger partial charge in [-0.15, -0.1) is 0 Å². The van der Waals surface area contributed by atoms with Crippen molar-refractivity contribution in [3.05, 3.63) is 0 Å². The second kappa shape index (κ2) is 3.33. The number of morpholine rings is 1. The molecule has 2 nitrogen and oxygen atoms in total. The van der Waals surface area contributed by atoms with E-state index >= 15 is 0 Å². The molecular weight excluding hydrogens is 158 g/mol. The predicted molar refractivity (Wildman–Crippen MR) is 52.6 cm³/mol. The number of hydrogen-bond donors (Lipinski definition) is 1. The van der Waals surface area contributed by atoms with E-state index in [1.54, 1.807) is 0 Å². The van der Waals surface area contributed by atoms with Gasteiger partial charge in [-0.05, 0) is 25.7 Å². The van der Waals surface area contributed by atoms with Crippen molar-refractivity contribution in [1.82, 2.24) is 5.32 Å². The highest BCUT2D eigenvalue weighted by Gasteiger charge is 2.25. The van der Waals surface area contributed by atoms with Gasteiger partial charge in [0.25, 0.3) is 0 Å². The van der Waals surface area contributed by atoms with Gasteiger partial charge >= 0.3 is 0 Å². The van der Waals surface area contributed by atoms with E-state index in [2.05, 4.69) is 31.0 Å². The summed E-state index contributed by atoms with van der Waals surface area (Å²) in [4.78, 5) is 0. The molecule has 0 aromatic carbocycles. The molecule has 1 aliphatic heterocycles. The van der Waals surface area contributed by atoms with E-state index in [0.717, 1.165) is 13.2 Å². The molecule has 1 fully saturated rings. The standard InChI is InChI=1S/C8H19NOS/c1-7-6-10-8(5-9-7)11(2,3)4/h7-9H,5-6H2,1-4H3. The van der Waals surface area contributed by atoms with E-state index in [1.165, 1.54) is 0 Å². The van der Waals surface area contributed by atoms with E-state index < -0.39 is 10.0 Å². The maximum absolute atomic E-state index is 5.73. The lowest BCUT2D eigenvalue weighted by Crippen LogP contribution is -2.46. The highest BCUT2D eigenvalue weighted by molar-refractivity contribution is 8.32. The van der Waals surface area contributed by atoms with Crippen LogP contribution in [-0.4, -0.2) is 43.4 Å². The Kier molecular flexibility index (Phi) is 2.84. The fraction of sp³-hybridized carbons (Fsp3) is 1.00. The first-order chi connectivity index (χ1) is 5.00. The fourth-order valence-electron chi connectivity index (χ4n) is 1.12.